The Balaban J connectivity index is 1.76. The van der Waals surface area contributed by atoms with Crippen LogP contribution in [0, 0.1) is 18.3 Å². The van der Waals surface area contributed by atoms with Crippen molar-refractivity contribution < 1.29 is 31.2 Å². The van der Waals surface area contributed by atoms with E-state index in [1.54, 1.807) is 31.2 Å². The number of carbonyl (C=O) groups excluding carboxylic acids is 2. The van der Waals surface area contributed by atoms with Crippen molar-refractivity contribution in [1.29, 1.82) is 0 Å². The Morgan fingerprint density at radius 2 is 1.46 bits per heavy atom. The average molecular weight is 526 g/mol. The molecule has 2 aliphatic rings. The molecule has 2 atom stereocenters. The molecule has 0 saturated carbocycles. The summed E-state index contributed by atoms with van der Waals surface area (Å²) in [5.41, 5.74) is -1.57. The maximum atomic E-state index is 14.0. The molecule has 1 heterocycles. The highest BCUT2D eigenvalue weighted by molar-refractivity contribution is 7.89. The van der Waals surface area contributed by atoms with Gasteiger partial charge in [0.2, 0.25) is 10.0 Å². The van der Waals surface area contributed by atoms with E-state index in [1.807, 2.05) is 0 Å². The number of rotatable bonds is 4. The Hall–Kier alpha value is -3.56. The van der Waals surface area contributed by atoms with Crippen molar-refractivity contribution in [2.45, 2.75) is 24.0 Å². The summed E-state index contributed by atoms with van der Waals surface area (Å²) in [4.78, 5) is 27.9. The average Bonchev–Trinajstić information content (AvgIpc) is 3.34. The van der Waals surface area contributed by atoms with Crippen LogP contribution in [0.15, 0.2) is 90.3 Å². The van der Waals surface area contributed by atoms with Crippen LogP contribution >= 0.6 is 0 Å². The summed E-state index contributed by atoms with van der Waals surface area (Å²) >= 11 is 0. The summed E-state index contributed by atoms with van der Waals surface area (Å²) in [6.45, 7) is 5.35. The van der Waals surface area contributed by atoms with Crippen molar-refractivity contribution >= 4 is 21.6 Å². The monoisotopic (exact) mass is 525 g/mol. The van der Waals surface area contributed by atoms with Crippen molar-refractivity contribution in [3.05, 3.63) is 113 Å². The Bertz CT molecular complexity index is 1490. The number of carbonyl (C=O) groups is 2. The molecule has 37 heavy (non-hydrogen) atoms. The van der Waals surface area contributed by atoms with Crippen LogP contribution in [0.3, 0.4) is 0 Å². The van der Waals surface area contributed by atoms with Crippen molar-refractivity contribution in [3.63, 3.8) is 0 Å². The van der Waals surface area contributed by atoms with E-state index in [1.165, 1.54) is 30.3 Å². The normalized spacial score (nSPS) is 21.4. The Morgan fingerprint density at radius 1 is 0.919 bits per heavy atom. The van der Waals surface area contributed by atoms with Crippen molar-refractivity contribution in [2.24, 2.45) is 11.3 Å². The predicted octanol–water partition coefficient (Wildman–Crippen LogP) is 5.63. The second-order valence-electron chi connectivity index (χ2n) is 9.33. The SMILES string of the molecule is C=C[C@@H]1CN(S(=O)(=O)c2ccc(C)cc2)[C@@H](c2ccc(C(F)(F)F)cc2)C12C(=O)c1ccccc1C2=O. The van der Waals surface area contributed by atoms with Crippen molar-refractivity contribution in [2.75, 3.05) is 6.54 Å². The van der Waals surface area contributed by atoms with Crippen LogP contribution in [0.2, 0.25) is 0 Å². The quantitative estimate of drug-likeness (QED) is 0.327. The molecular weight excluding hydrogens is 503 g/mol. The third kappa shape index (κ3) is 3.59. The molecule has 3 aromatic rings. The first-order valence-electron chi connectivity index (χ1n) is 11.5. The standard InChI is InChI=1S/C28H22F3NO4S/c1-3-19-16-32(37(35,36)21-14-8-17(2)9-15-21)24(18-10-12-20(13-11-18)28(29,30)31)27(19)25(33)22-6-4-5-7-23(22)26(27)34/h3-15,19,24H,1,16H2,2H3/t19-,24+/m1/s1. The van der Waals surface area contributed by atoms with Gasteiger partial charge in [0.05, 0.1) is 16.5 Å². The lowest BCUT2D eigenvalue weighted by atomic mass is 9.67. The zero-order chi connectivity index (χ0) is 26.8. The van der Waals surface area contributed by atoms with Gasteiger partial charge in [-0.2, -0.15) is 17.5 Å². The number of hydrogen-bond donors (Lipinski definition) is 0. The molecule has 5 nitrogen and oxygen atoms in total. The van der Waals surface area contributed by atoms with E-state index < -0.39 is 50.7 Å². The van der Waals surface area contributed by atoms with Gasteiger partial charge in [-0.25, -0.2) is 8.42 Å². The lowest BCUT2D eigenvalue weighted by molar-refractivity contribution is -0.137. The number of aryl methyl sites for hydroxylation is 1. The fraction of sp³-hybridized carbons (Fsp3) is 0.214. The van der Waals surface area contributed by atoms with E-state index in [4.69, 9.17) is 0 Å². The molecule has 3 aromatic carbocycles. The topological polar surface area (TPSA) is 71.5 Å². The molecule has 1 spiro atoms. The summed E-state index contributed by atoms with van der Waals surface area (Å²) in [7, 11) is -4.27. The second kappa shape index (κ2) is 8.49. The van der Waals surface area contributed by atoms with E-state index in [9.17, 15) is 31.2 Å². The maximum Gasteiger partial charge on any atom is 0.416 e. The highest BCUT2D eigenvalue weighted by atomic mass is 32.2. The minimum Gasteiger partial charge on any atom is -0.293 e. The smallest absolute Gasteiger partial charge is 0.293 e. The van der Waals surface area contributed by atoms with Gasteiger partial charge < -0.3 is 0 Å². The van der Waals surface area contributed by atoms with Gasteiger partial charge in [-0.1, -0.05) is 60.2 Å². The van der Waals surface area contributed by atoms with E-state index in [-0.39, 0.29) is 28.1 Å². The lowest BCUT2D eigenvalue weighted by Gasteiger charge is -2.34. The zero-order valence-corrected chi connectivity index (χ0v) is 20.5. The van der Waals surface area contributed by atoms with Crippen LogP contribution in [0.4, 0.5) is 13.2 Å². The van der Waals surface area contributed by atoms with Crippen LogP contribution in [0.25, 0.3) is 0 Å². The third-order valence-electron chi connectivity index (χ3n) is 7.31. The largest absolute Gasteiger partial charge is 0.416 e. The zero-order valence-electron chi connectivity index (χ0n) is 19.7. The highest BCUT2D eigenvalue weighted by Gasteiger charge is 2.68. The van der Waals surface area contributed by atoms with Crippen molar-refractivity contribution in [3.8, 4) is 0 Å². The molecule has 1 fully saturated rings. The number of halogens is 3. The highest BCUT2D eigenvalue weighted by Crippen LogP contribution is 2.59. The van der Waals surface area contributed by atoms with Gasteiger partial charge in [-0.15, -0.1) is 6.58 Å². The van der Waals surface area contributed by atoms with Gasteiger partial charge in [0.1, 0.15) is 5.41 Å². The molecule has 0 aromatic heterocycles. The molecular formula is C28H22F3NO4S. The van der Waals surface area contributed by atoms with Crippen LogP contribution in [-0.2, 0) is 16.2 Å². The molecule has 1 aliphatic heterocycles. The molecule has 190 valence electrons. The second-order valence-corrected chi connectivity index (χ2v) is 11.2. The predicted molar refractivity (Wildman–Crippen MR) is 130 cm³/mol. The van der Waals surface area contributed by atoms with Crippen LogP contribution < -0.4 is 0 Å². The van der Waals surface area contributed by atoms with Crippen LogP contribution in [0.1, 0.15) is 43.4 Å². The number of fused-ring (bicyclic) bond motifs is 1. The molecule has 0 radical (unpaired) electrons. The van der Waals surface area contributed by atoms with Crippen molar-refractivity contribution in [1.82, 2.24) is 4.31 Å². The summed E-state index contributed by atoms with van der Waals surface area (Å²) < 4.78 is 68.8. The molecule has 1 aliphatic carbocycles. The van der Waals surface area contributed by atoms with Gasteiger partial charge in [0, 0.05) is 23.6 Å². The first-order valence-corrected chi connectivity index (χ1v) is 12.9. The first-order chi connectivity index (χ1) is 17.4. The van der Waals surface area contributed by atoms with E-state index >= 15 is 0 Å². The van der Waals surface area contributed by atoms with Gasteiger partial charge in [-0.3, -0.25) is 9.59 Å². The fourth-order valence-corrected chi connectivity index (χ4v) is 7.19. The molecule has 0 N–H and O–H groups in total. The number of hydrogen-bond acceptors (Lipinski definition) is 4. The van der Waals surface area contributed by atoms with Gasteiger partial charge >= 0.3 is 6.18 Å². The maximum absolute atomic E-state index is 14.0. The van der Waals surface area contributed by atoms with E-state index in [2.05, 4.69) is 6.58 Å². The summed E-state index contributed by atoms with van der Waals surface area (Å²) in [6.07, 6.45) is -3.22. The van der Waals surface area contributed by atoms with Crippen LogP contribution in [0.5, 0.6) is 0 Å². The van der Waals surface area contributed by atoms with Crippen LogP contribution in [-0.4, -0.2) is 30.8 Å². The van der Waals surface area contributed by atoms with Gasteiger partial charge in [-0.05, 0) is 36.8 Å². The number of alkyl halides is 3. The summed E-state index contributed by atoms with van der Waals surface area (Å²) in [6, 6.07) is 14.9. The fourth-order valence-electron chi connectivity index (χ4n) is 5.51. The molecule has 0 amide bonds. The van der Waals surface area contributed by atoms with Gasteiger partial charge in [0.15, 0.2) is 11.6 Å². The Kier molecular flexibility index (Phi) is 5.76. The number of benzene rings is 3. The number of Topliss-reactive ketones (excluding diaryl/α,β-unsaturated/α-hetero) is 2. The number of sulfonamides is 1. The van der Waals surface area contributed by atoms with Gasteiger partial charge in [0.25, 0.3) is 0 Å². The number of nitrogens with zero attached hydrogens (tertiary/aromatic N) is 1. The third-order valence-corrected chi connectivity index (χ3v) is 9.16. The molecule has 1 saturated heterocycles. The Labute approximate surface area is 212 Å². The minimum absolute atomic E-state index is 0.0507. The minimum atomic E-state index is -4.61. The van der Waals surface area contributed by atoms with E-state index in [0.29, 0.717) is 0 Å². The van der Waals surface area contributed by atoms with E-state index in [0.717, 1.165) is 34.1 Å². The summed E-state index contributed by atoms with van der Waals surface area (Å²) in [5.74, 6) is -2.04. The first kappa shape index (κ1) is 25.1. The molecule has 9 heteroatoms. The molecule has 0 bridgehead atoms. The summed E-state index contributed by atoms with van der Waals surface area (Å²) in [5, 5.41) is 0. The number of ketones is 2. The Morgan fingerprint density at radius 3 is 1.95 bits per heavy atom. The molecule has 5 rings (SSSR count). The molecule has 0 unspecified atom stereocenters. The lowest BCUT2D eigenvalue weighted by Crippen LogP contribution is -2.44.